The second kappa shape index (κ2) is 4.96. The summed E-state index contributed by atoms with van der Waals surface area (Å²) in [6.07, 6.45) is 14.7. The molecule has 5 rings (SSSR count). The number of rotatable bonds is 0. The lowest BCUT2D eigenvalue weighted by Gasteiger charge is -2.57. The highest BCUT2D eigenvalue weighted by Gasteiger charge is 2.64. The Kier molecular flexibility index (Phi) is 3.22. The lowest BCUT2D eigenvalue weighted by atomic mass is 9.49. The molecule has 1 aliphatic heterocycles. The fourth-order valence-electron chi connectivity index (χ4n) is 7.80. The Morgan fingerprint density at radius 2 is 1.73 bits per heavy atom. The number of fused-ring (bicyclic) bond motifs is 6. The molecule has 0 aromatic carbocycles. The molecule has 4 aliphatic carbocycles. The minimum atomic E-state index is 0.0754. The van der Waals surface area contributed by atoms with Crippen LogP contribution in [0.4, 0.5) is 0 Å². The second-order valence-corrected chi connectivity index (χ2v) is 9.32. The average molecular weight is 304 g/mol. The molecule has 4 saturated carbocycles. The van der Waals surface area contributed by atoms with Crippen molar-refractivity contribution in [3.8, 4) is 0 Å². The average Bonchev–Trinajstić information content (AvgIpc) is 3.14. The van der Waals surface area contributed by atoms with Gasteiger partial charge < -0.3 is 9.47 Å². The monoisotopic (exact) mass is 304 g/mol. The van der Waals surface area contributed by atoms with E-state index in [4.69, 9.17) is 9.47 Å². The second-order valence-electron chi connectivity index (χ2n) is 9.32. The van der Waals surface area contributed by atoms with Gasteiger partial charge in [-0.25, -0.2) is 0 Å². The van der Waals surface area contributed by atoms with Gasteiger partial charge in [0.05, 0.1) is 6.61 Å². The Hall–Kier alpha value is -0.0800. The molecular weight excluding hydrogens is 272 g/mol. The predicted octanol–water partition coefficient (Wildman–Crippen LogP) is 4.77. The first-order valence-electron chi connectivity index (χ1n) is 9.95. The quantitative estimate of drug-likeness (QED) is 0.641. The molecule has 0 amide bonds. The van der Waals surface area contributed by atoms with Crippen LogP contribution in [-0.4, -0.2) is 19.0 Å². The highest BCUT2D eigenvalue weighted by Crippen LogP contribution is 2.66. The van der Waals surface area contributed by atoms with Gasteiger partial charge in [-0.3, -0.25) is 0 Å². The summed E-state index contributed by atoms with van der Waals surface area (Å²) in [5.74, 6) is 5.13. The maximum atomic E-state index is 6.24. The fraction of sp³-hybridized carbons (Fsp3) is 1.00. The van der Waals surface area contributed by atoms with Crippen LogP contribution in [0.2, 0.25) is 0 Å². The van der Waals surface area contributed by atoms with E-state index in [-0.39, 0.29) is 5.60 Å². The summed E-state index contributed by atoms with van der Waals surface area (Å²) < 4.78 is 11.9. The summed E-state index contributed by atoms with van der Waals surface area (Å²) in [7, 11) is 0. The molecule has 7 atom stereocenters. The van der Waals surface area contributed by atoms with Gasteiger partial charge in [0.15, 0.2) is 0 Å². The Labute approximate surface area is 135 Å². The van der Waals surface area contributed by atoms with E-state index in [0.717, 1.165) is 36.2 Å². The van der Waals surface area contributed by atoms with E-state index in [2.05, 4.69) is 6.92 Å². The minimum Gasteiger partial charge on any atom is -0.352 e. The number of hydrogen-bond donors (Lipinski definition) is 0. The zero-order chi connectivity index (χ0) is 14.8. The summed E-state index contributed by atoms with van der Waals surface area (Å²) in [5.41, 5.74) is 0.470. The highest BCUT2D eigenvalue weighted by atomic mass is 16.7. The van der Waals surface area contributed by atoms with Gasteiger partial charge >= 0.3 is 0 Å². The van der Waals surface area contributed by atoms with E-state index in [1.165, 1.54) is 57.8 Å². The van der Waals surface area contributed by atoms with Crippen LogP contribution in [0.3, 0.4) is 0 Å². The van der Waals surface area contributed by atoms with Crippen LogP contribution >= 0.6 is 0 Å². The van der Waals surface area contributed by atoms with E-state index in [9.17, 15) is 0 Å². The summed E-state index contributed by atoms with van der Waals surface area (Å²) in [4.78, 5) is 0. The summed E-state index contributed by atoms with van der Waals surface area (Å²) in [6.45, 7) is 3.97. The SMILES string of the molecule is C[C@@]12CC[C@H]3[C@@H](CCC4CCCC[C@@H]43)[C@@H]1CCC21COCO1. The van der Waals surface area contributed by atoms with Crippen molar-refractivity contribution in [2.45, 2.75) is 76.7 Å². The number of ether oxygens (including phenoxy) is 2. The van der Waals surface area contributed by atoms with E-state index in [0.29, 0.717) is 12.2 Å². The van der Waals surface area contributed by atoms with Gasteiger partial charge in [0, 0.05) is 5.41 Å². The number of hydrogen-bond acceptors (Lipinski definition) is 2. The van der Waals surface area contributed by atoms with Gasteiger partial charge in [-0.15, -0.1) is 0 Å². The molecule has 5 fully saturated rings. The van der Waals surface area contributed by atoms with Crippen molar-refractivity contribution < 1.29 is 9.47 Å². The molecule has 22 heavy (non-hydrogen) atoms. The zero-order valence-corrected chi connectivity index (χ0v) is 14.2. The van der Waals surface area contributed by atoms with E-state index < -0.39 is 0 Å². The smallest absolute Gasteiger partial charge is 0.147 e. The van der Waals surface area contributed by atoms with Crippen LogP contribution in [-0.2, 0) is 9.47 Å². The van der Waals surface area contributed by atoms with Gasteiger partial charge in [0.2, 0.25) is 0 Å². The Morgan fingerprint density at radius 1 is 0.818 bits per heavy atom. The van der Waals surface area contributed by atoms with Crippen molar-refractivity contribution in [2.75, 3.05) is 13.4 Å². The Bertz CT molecular complexity index is 441. The van der Waals surface area contributed by atoms with Gasteiger partial charge in [0.25, 0.3) is 0 Å². The first kappa shape index (κ1) is 14.3. The first-order valence-corrected chi connectivity index (χ1v) is 9.95. The van der Waals surface area contributed by atoms with Gasteiger partial charge in [-0.2, -0.15) is 0 Å². The highest BCUT2D eigenvalue weighted by molar-refractivity contribution is 5.13. The standard InChI is InChI=1S/C20H32O2/c1-19-10-8-16-15-5-3-2-4-14(15)6-7-17(16)18(19)9-11-20(19)12-21-13-22-20/h14-18H,2-13H2,1H3/t14?,15-,16+,17+,18-,19+,20?/m0/s1. The Morgan fingerprint density at radius 3 is 2.59 bits per heavy atom. The molecule has 124 valence electrons. The molecule has 2 heteroatoms. The zero-order valence-electron chi connectivity index (χ0n) is 14.2. The maximum absolute atomic E-state index is 6.24. The molecule has 0 radical (unpaired) electrons. The van der Waals surface area contributed by atoms with Gasteiger partial charge in [-0.1, -0.05) is 26.2 Å². The normalized spacial score (nSPS) is 57.4. The summed E-state index contributed by atoms with van der Waals surface area (Å²) >= 11 is 0. The molecule has 0 N–H and O–H groups in total. The van der Waals surface area contributed by atoms with Crippen molar-refractivity contribution in [2.24, 2.45) is 35.0 Å². The van der Waals surface area contributed by atoms with Crippen molar-refractivity contribution in [1.82, 2.24) is 0 Å². The van der Waals surface area contributed by atoms with Crippen LogP contribution in [0.15, 0.2) is 0 Å². The fourth-order valence-corrected chi connectivity index (χ4v) is 7.80. The van der Waals surface area contributed by atoms with E-state index in [1.807, 2.05) is 0 Å². The van der Waals surface area contributed by atoms with Gasteiger partial charge in [0.1, 0.15) is 12.4 Å². The summed E-state index contributed by atoms with van der Waals surface area (Å²) in [6, 6.07) is 0. The lowest BCUT2D eigenvalue weighted by molar-refractivity contribution is -0.133. The molecular formula is C20H32O2. The van der Waals surface area contributed by atoms with Crippen molar-refractivity contribution >= 4 is 0 Å². The molecule has 1 saturated heterocycles. The Balaban J connectivity index is 1.44. The van der Waals surface area contributed by atoms with Crippen molar-refractivity contribution in [3.05, 3.63) is 0 Å². The van der Waals surface area contributed by atoms with Crippen LogP contribution in [0, 0.1) is 35.0 Å². The third-order valence-electron chi connectivity index (χ3n) is 8.92. The molecule has 1 heterocycles. The van der Waals surface area contributed by atoms with Gasteiger partial charge in [-0.05, 0) is 74.5 Å². The third-order valence-corrected chi connectivity index (χ3v) is 8.92. The molecule has 0 aromatic rings. The molecule has 0 bridgehead atoms. The molecule has 2 nitrogen and oxygen atoms in total. The maximum Gasteiger partial charge on any atom is 0.147 e. The molecule has 5 aliphatic rings. The minimum absolute atomic E-state index is 0.0754. The topological polar surface area (TPSA) is 18.5 Å². The molecule has 0 aromatic heterocycles. The molecule has 1 spiro atoms. The van der Waals surface area contributed by atoms with Crippen LogP contribution in [0.1, 0.15) is 71.1 Å². The van der Waals surface area contributed by atoms with Crippen LogP contribution in [0.25, 0.3) is 0 Å². The molecule has 2 unspecified atom stereocenters. The summed E-state index contributed by atoms with van der Waals surface area (Å²) in [5, 5.41) is 0. The van der Waals surface area contributed by atoms with Crippen molar-refractivity contribution in [1.29, 1.82) is 0 Å². The predicted molar refractivity (Wildman–Crippen MR) is 86.4 cm³/mol. The third kappa shape index (κ3) is 1.75. The van der Waals surface area contributed by atoms with Crippen LogP contribution in [0.5, 0.6) is 0 Å². The largest absolute Gasteiger partial charge is 0.352 e. The van der Waals surface area contributed by atoms with Crippen LogP contribution < -0.4 is 0 Å². The lowest BCUT2D eigenvalue weighted by Crippen LogP contribution is -2.54. The van der Waals surface area contributed by atoms with Crippen molar-refractivity contribution in [3.63, 3.8) is 0 Å². The van der Waals surface area contributed by atoms with E-state index in [1.54, 1.807) is 6.42 Å². The first-order chi connectivity index (χ1) is 10.7. The van der Waals surface area contributed by atoms with E-state index >= 15 is 0 Å².